The summed E-state index contributed by atoms with van der Waals surface area (Å²) < 4.78 is 0. The largest absolute Gasteiger partial charge is 0.0969 e. The van der Waals surface area contributed by atoms with E-state index in [9.17, 15) is 0 Å². The van der Waals surface area contributed by atoms with Crippen molar-refractivity contribution in [1.82, 2.24) is 0 Å². The maximum atomic E-state index is 3.31. The summed E-state index contributed by atoms with van der Waals surface area (Å²) in [4.78, 5) is 0. The van der Waals surface area contributed by atoms with E-state index in [-0.39, 0.29) is 0 Å². The highest BCUT2D eigenvalue weighted by atomic mass is 14.1. The van der Waals surface area contributed by atoms with E-state index < -0.39 is 0 Å². The quantitative estimate of drug-likeness (QED) is 0.134. The van der Waals surface area contributed by atoms with Crippen molar-refractivity contribution < 1.29 is 0 Å². The highest BCUT2D eigenvalue weighted by Gasteiger charge is 2.03. The van der Waals surface area contributed by atoms with Crippen molar-refractivity contribution in [3.05, 3.63) is 129 Å². The third kappa shape index (κ3) is 13.0. The van der Waals surface area contributed by atoms with Crippen LogP contribution in [0.2, 0.25) is 0 Å². The molecule has 0 N–H and O–H groups in total. The first-order chi connectivity index (χ1) is 21.1. The smallest absolute Gasteiger partial charge is 0.0245 e. The van der Waals surface area contributed by atoms with Crippen LogP contribution in [0.4, 0.5) is 0 Å². The first-order valence-electron chi connectivity index (χ1n) is 16.7. The third-order valence-corrected chi connectivity index (χ3v) is 8.46. The molecule has 222 valence electrons. The van der Waals surface area contributed by atoms with Crippen molar-refractivity contribution in [2.24, 2.45) is 0 Å². The summed E-state index contributed by atoms with van der Waals surface area (Å²) >= 11 is 0. The maximum Gasteiger partial charge on any atom is 0.0245 e. The molecule has 1 aliphatic rings. The molecule has 0 heteroatoms. The minimum Gasteiger partial charge on any atom is -0.0969 e. The number of allylic oxidation sites excluding steroid dienone is 4. The molecule has 0 aliphatic heterocycles. The summed E-state index contributed by atoms with van der Waals surface area (Å²) in [5.74, 6) is 13.2. The van der Waals surface area contributed by atoms with E-state index in [1.807, 2.05) is 0 Å². The van der Waals surface area contributed by atoms with Crippen LogP contribution in [0.3, 0.4) is 0 Å². The van der Waals surface area contributed by atoms with E-state index in [2.05, 4.69) is 122 Å². The van der Waals surface area contributed by atoms with Gasteiger partial charge in [0.15, 0.2) is 0 Å². The number of rotatable bonds is 14. The minimum atomic E-state index is 0.806. The second kappa shape index (κ2) is 18.7. The summed E-state index contributed by atoms with van der Waals surface area (Å²) in [6.07, 6.45) is 22.7. The van der Waals surface area contributed by atoms with Crippen LogP contribution in [0.15, 0.2) is 96.1 Å². The number of hydrogen-bond acceptors (Lipinski definition) is 0. The standard InChI is InChI=1S/C43H50/c1-36-20-24-38(25-21-36)14-8-4-3-5-9-15-40-28-30-41(31-29-40)16-10-6-7-11-17-42-32-34-43(35-33-42)19-13-12-18-39-26-22-37(2)23-27-39/h20,22-24,26-35H,3-9,12-15,18-19,21,25H2,1-2H3. The Morgan fingerprint density at radius 2 is 0.907 bits per heavy atom. The molecule has 43 heavy (non-hydrogen) atoms. The van der Waals surface area contributed by atoms with Gasteiger partial charge in [-0.1, -0.05) is 120 Å². The summed E-state index contributed by atoms with van der Waals surface area (Å²) in [7, 11) is 0. The predicted molar refractivity (Wildman–Crippen MR) is 186 cm³/mol. The van der Waals surface area contributed by atoms with E-state index in [1.165, 1.54) is 98.5 Å². The van der Waals surface area contributed by atoms with Crippen LogP contribution in [0.1, 0.15) is 117 Å². The van der Waals surface area contributed by atoms with Gasteiger partial charge in [-0.15, -0.1) is 0 Å². The van der Waals surface area contributed by atoms with Crippen molar-refractivity contribution in [2.45, 2.75) is 110 Å². The molecule has 0 heterocycles. The Kier molecular flexibility index (Phi) is 14.0. The molecule has 1 aliphatic carbocycles. The van der Waals surface area contributed by atoms with Crippen molar-refractivity contribution in [3.8, 4) is 23.7 Å². The molecule has 0 saturated carbocycles. The molecule has 0 amide bonds. The van der Waals surface area contributed by atoms with Gasteiger partial charge in [-0.3, -0.25) is 0 Å². The number of hydrogen-bond donors (Lipinski definition) is 0. The highest BCUT2D eigenvalue weighted by Crippen LogP contribution is 2.22. The average Bonchev–Trinajstić information content (AvgIpc) is 3.03. The van der Waals surface area contributed by atoms with Crippen molar-refractivity contribution in [3.63, 3.8) is 0 Å². The average molecular weight is 567 g/mol. The summed E-state index contributed by atoms with van der Waals surface area (Å²) in [5, 5.41) is 0. The summed E-state index contributed by atoms with van der Waals surface area (Å²) in [6, 6.07) is 26.6. The van der Waals surface area contributed by atoms with Crippen molar-refractivity contribution in [1.29, 1.82) is 0 Å². The van der Waals surface area contributed by atoms with Gasteiger partial charge in [0.1, 0.15) is 0 Å². The molecular formula is C43H50. The SMILES string of the molecule is CC1=CC=C(CCCCCCCc2ccc(C#CCCC#Cc3ccc(CCCCc4ccc(C)cc4)cc3)cc2)CC1. The Labute approximate surface area is 262 Å². The van der Waals surface area contributed by atoms with Gasteiger partial charge in [-0.25, -0.2) is 0 Å². The molecule has 3 aromatic carbocycles. The van der Waals surface area contributed by atoms with Gasteiger partial charge in [0.25, 0.3) is 0 Å². The lowest BCUT2D eigenvalue weighted by atomic mass is 9.95. The number of aryl methyl sites for hydroxylation is 4. The van der Waals surface area contributed by atoms with Gasteiger partial charge < -0.3 is 0 Å². The van der Waals surface area contributed by atoms with Gasteiger partial charge in [0.2, 0.25) is 0 Å². The van der Waals surface area contributed by atoms with Crippen LogP contribution in [-0.4, -0.2) is 0 Å². The molecule has 0 saturated heterocycles. The zero-order chi connectivity index (χ0) is 30.0. The molecule has 0 unspecified atom stereocenters. The fourth-order valence-corrected chi connectivity index (χ4v) is 5.58. The molecule has 0 nitrogen and oxygen atoms in total. The van der Waals surface area contributed by atoms with E-state index in [4.69, 9.17) is 0 Å². The molecular weight excluding hydrogens is 516 g/mol. The van der Waals surface area contributed by atoms with E-state index in [0.717, 1.165) is 36.8 Å². The molecule has 0 atom stereocenters. The topological polar surface area (TPSA) is 0 Å². The molecule has 0 fully saturated rings. The van der Waals surface area contributed by atoms with Crippen LogP contribution in [-0.2, 0) is 19.3 Å². The van der Waals surface area contributed by atoms with E-state index in [1.54, 1.807) is 5.57 Å². The van der Waals surface area contributed by atoms with Gasteiger partial charge in [0, 0.05) is 24.0 Å². The molecule has 0 bridgehead atoms. The fourth-order valence-electron chi connectivity index (χ4n) is 5.58. The summed E-state index contributed by atoms with van der Waals surface area (Å²) in [5.41, 5.74) is 11.0. The van der Waals surface area contributed by atoms with Crippen LogP contribution in [0.25, 0.3) is 0 Å². The Morgan fingerprint density at radius 1 is 0.465 bits per heavy atom. The van der Waals surface area contributed by atoms with Gasteiger partial charge in [-0.05, 0) is 119 Å². The Morgan fingerprint density at radius 3 is 1.40 bits per heavy atom. The summed E-state index contributed by atoms with van der Waals surface area (Å²) in [6.45, 7) is 4.38. The maximum absolute atomic E-state index is 3.31. The lowest BCUT2D eigenvalue weighted by molar-refractivity contribution is 0.606. The lowest BCUT2D eigenvalue weighted by Gasteiger charge is -2.11. The van der Waals surface area contributed by atoms with Crippen molar-refractivity contribution in [2.75, 3.05) is 0 Å². The molecule has 0 radical (unpaired) electrons. The van der Waals surface area contributed by atoms with Crippen LogP contribution in [0.5, 0.6) is 0 Å². The van der Waals surface area contributed by atoms with Crippen molar-refractivity contribution >= 4 is 0 Å². The monoisotopic (exact) mass is 566 g/mol. The Bertz CT molecular complexity index is 1420. The van der Waals surface area contributed by atoms with E-state index in [0.29, 0.717) is 0 Å². The normalized spacial score (nSPS) is 12.4. The second-order valence-electron chi connectivity index (χ2n) is 12.3. The van der Waals surface area contributed by atoms with Crippen LogP contribution >= 0.6 is 0 Å². The van der Waals surface area contributed by atoms with Gasteiger partial charge in [0.05, 0.1) is 0 Å². The van der Waals surface area contributed by atoms with Crippen LogP contribution in [0, 0.1) is 30.6 Å². The van der Waals surface area contributed by atoms with Crippen LogP contribution < -0.4 is 0 Å². The first-order valence-corrected chi connectivity index (χ1v) is 16.7. The fraction of sp³-hybridized carbons (Fsp3) is 0.395. The predicted octanol–water partition coefficient (Wildman–Crippen LogP) is 11.3. The Hall–Kier alpha value is -3.74. The molecule has 0 spiro atoms. The molecule has 0 aromatic heterocycles. The van der Waals surface area contributed by atoms with E-state index >= 15 is 0 Å². The van der Waals surface area contributed by atoms with Gasteiger partial charge in [-0.2, -0.15) is 0 Å². The number of benzene rings is 3. The second-order valence-corrected chi connectivity index (χ2v) is 12.3. The highest BCUT2D eigenvalue weighted by molar-refractivity contribution is 5.38. The minimum absolute atomic E-state index is 0.806. The third-order valence-electron chi connectivity index (χ3n) is 8.46. The van der Waals surface area contributed by atoms with Gasteiger partial charge >= 0.3 is 0 Å². The molecule has 4 rings (SSSR count). The zero-order valence-electron chi connectivity index (χ0n) is 26.7. The zero-order valence-corrected chi connectivity index (χ0v) is 26.7. The number of unbranched alkanes of at least 4 members (excludes halogenated alkanes) is 6. The first kappa shape index (κ1) is 32.2. The lowest BCUT2D eigenvalue weighted by Crippen LogP contribution is -1.92. The molecule has 3 aromatic rings. The Balaban J connectivity index is 1.04.